The number of fused-ring (bicyclic) bond motifs is 1. The van der Waals surface area contributed by atoms with Crippen molar-refractivity contribution in [1.82, 2.24) is 4.57 Å². The molecule has 4 rings (SSSR count). The van der Waals surface area contributed by atoms with E-state index < -0.39 is 0 Å². The lowest BCUT2D eigenvalue weighted by atomic mass is 10.0. The summed E-state index contributed by atoms with van der Waals surface area (Å²) in [5.74, 6) is 0.0989. The van der Waals surface area contributed by atoms with Crippen LogP contribution in [0.1, 0.15) is 22.8 Å². The molecule has 2 nitrogen and oxygen atoms in total. The molecule has 4 aromatic rings. The number of hydrogen-bond acceptors (Lipinski definition) is 1. The normalized spacial score (nSPS) is 10.9. The first-order chi connectivity index (χ1) is 12.3. The van der Waals surface area contributed by atoms with Gasteiger partial charge in [0.05, 0.1) is 11.3 Å². The molecule has 25 heavy (non-hydrogen) atoms. The second-order valence-electron chi connectivity index (χ2n) is 6.23. The SMILES string of the molecule is CC(=O)c1c(-c2ccccc2)n(Cc2ccccc2)c2ccccc12. The molecule has 0 aliphatic carbocycles. The Morgan fingerprint density at radius 1 is 0.800 bits per heavy atom. The summed E-state index contributed by atoms with van der Waals surface area (Å²) in [6, 6.07) is 28.7. The first kappa shape index (κ1) is 15.4. The molecule has 1 aromatic heterocycles. The van der Waals surface area contributed by atoms with E-state index in [0.29, 0.717) is 0 Å². The molecule has 2 heteroatoms. The van der Waals surface area contributed by atoms with Crippen molar-refractivity contribution in [2.75, 3.05) is 0 Å². The van der Waals surface area contributed by atoms with Crippen LogP contribution in [-0.4, -0.2) is 10.4 Å². The Bertz CT molecular complexity index is 1030. The van der Waals surface area contributed by atoms with Crippen molar-refractivity contribution in [1.29, 1.82) is 0 Å². The number of para-hydroxylation sites is 1. The number of hydrogen-bond donors (Lipinski definition) is 0. The fourth-order valence-electron chi connectivity index (χ4n) is 3.49. The van der Waals surface area contributed by atoms with Gasteiger partial charge in [0.1, 0.15) is 0 Å². The third-order valence-corrected chi connectivity index (χ3v) is 4.55. The van der Waals surface area contributed by atoms with Crippen molar-refractivity contribution < 1.29 is 4.79 Å². The Morgan fingerprint density at radius 3 is 2.08 bits per heavy atom. The van der Waals surface area contributed by atoms with Gasteiger partial charge in [0.15, 0.2) is 5.78 Å². The zero-order chi connectivity index (χ0) is 17.2. The van der Waals surface area contributed by atoms with Gasteiger partial charge >= 0.3 is 0 Å². The highest BCUT2D eigenvalue weighted by Crippen LogP contribution is 2.34. The first-order valence-corrected chi connectivity index (χ1v) is 8.47. The summed E-state index contributed by atoms with van der Waals surface area (Å²) in [6.07, 6.45) is 0. The Kier molecular flexibility index (Phi) is 3.95. The maximum atomic E-state index is 12.5. The monoisotopic (exact) mass is 325 g/mol. The third-order valence-electron chi connectivity index (χ3n) is 4.55. The van der Waals surface area contributed by atoms with E-state index in [9.17, 15) is 4.79 Å². The molecule has 0 N–H and O–H groups in total. The van der Waals surface area contributed by atoms with Gasteiger partial charge in [-0.05, 0) is 24.1 Å². The molecule has 122 valence electrons. The molecular weight excluding hydrogens is 306 g/mol. The molecule has 0 saturated heterocycles. The maximum Gasteiger partial charge on any atom is 0.162 e. The van der Waals surface area contributed by atoms with Gasteiger partial charge in [0, 0.05) is 17.4 Å². The topological polar surface area (TPSA) is 22.0 Å². The number of aromatic nitrogens is 1. The highest BCUT2D eigenvalue weighted by Gasteiger charge is 2.21. The number of carbonyl (C=O) groups excluding carboxylic acids is 1. The van der Waals surface area contributed by atoms with Crippen LogP contribution in [0.2, 0.25) is 0 Å². The molecule has 0 unspecified atom stereocenters. The van der Waals surface area contributed by atoms with Gasteiger partial charge in [0.2, 0.25) is 0 Å². The van der Waals surface area contributed by atoms with Crippen LogP contribution >= 0.6 is 0 Å². The zero-order valence-electron chi connectivity index (χ0n) is 14.1. The van der Waals surface area contributed by atoms with Crippen molar-refractivity contribution in [2.24, 2.45) is 0 Å². The number of nitrogens with zero attached hydrogens (tertiary/aromatic N) is 1. The molecule has 0 atom stereocenters. The Hall–Kier alpha value is -3.13. The summed E-state index contributed by atoms with van der Waals surface area (Å²) in [6.45, 7) is 2.39. The molecule has 0 amide bonds. The number of rotatable bonds is 4. The molecule has 0 bridgehead atoms. The summed E-state index contributed by atoms with van der Waals surface area (Å²) in [7, 11) is 0. The standard InChI is InChI=1S/C23H19NO/c1-17(25)22-20-14-8-9-15-21(20)24(16-18-10-4-2-5-11-18)23(22)19-12-6-3-7-13-19/h2-15H,16H2,1H3. The molecule has 0 radical (unpaired) electrons. The minimum absolute atomic E-state index is 0.0989. The largest absolute Gasteiger partial charge is 0.335 e. The van der Waals surface area contributed by atoms with Crippen LogP contribution in [0, 0.1) is 0 Å². The van der Waals surface area contributed by atoms with E-state index in [1.807, 2.05) is 42.5 Å². The van der Waals surface area contributed by atoms with Gasteiger partial charge in [-0.1, -0.05) is 78.9 Å². The molecule has 0 fully saturated rings. The van der Waals surface area contributed by atoms with Crippen LogP contribution in [0.4, 0.5) is 0 Å². The van der Waals surface area contributed by atoms with Crippen LogP contribution < -0.4 is 0 Å². The predicted molar refractivity (Wildman–Crippen MR) is 103 cm³/mol. The lowest BCUT2D eigenvalue weighted by Gasteiger charge is -2.12. The van der Waals surface area contributed by atoms with Crippen molar-refractivity contribution in [3.05, 3.63) is 96.1 Å². The van der Waals surface area contributed by atoms with E-state index in [2.05, 4.69) is 47.0 Å². The van der Waals surface area contributed by atoms with Crippen LogP contribution in [0.25, 0.3) is 22.2 Å². The summed E-state index contributed by atoms with van der Waals surface area (Å²) < 4.78 is 2.26. The van der Waals surface area contributed by atoms with Crippen molar-refractivity contribution >= 4 is 16.7 Å². The minimum atomic E-state index is 0.0989. The molecule has 0 aliphatic heterocycles. The second kappa shape index (κ2) is 6.40. The third kappa shape index (κ3) is 2.76. The summed E-state index contributed by atoms with van der Waals surface area (Å²) in [5, 5.41) is 1.02. The number of ketones is 1. The van der Waals surface area contributed by atoms with Crippen LogP contribution in [0.15, 0.2) is 84.9 Å². The van der Waals surface area contributed by atoms with Crippen molar-refractivity contribution in [3.8, 4) is 11.3 Å². The van der Waals surface area contributed by atoms with E-state index in [-0.39, 0.29) is 5.78 Å². The van der Waals surface area contributed by atoms with Crippen molar-refractivity contribution in [3.63, 3.8) is 0 Å². The fraction of sp³-hybridized carbons (Fsp3) is 0.0870. The second-order valence-corrected chi connectivity index (χ2v) is 6.23. The summed E-state index contributed by atoms with van der Waals surface area (Å²) >= 11 is 0. The predicted octanol–water partition coefficient (Wildman–Crippen LogP) is 5.56. The molecule has 0 spiro atoms. The van der Waals surface area contributed by atoms with Gasteiger partial charge < -0.3 is 4.57 Å². The average Bonchev–Trinajstić information content (AvgIpc) is 2.98. The van der Waals surface area contributed by atoms with E-state index in [4.69, 9.17) is 0 Å². The maximum absolute atomic E-state index is 12.5. The Morgan fingerprint density at radius 2 is 1.40 bits per heavy atom. The van der Waals surface area contributed by atoms with Crippen LogP contribution in [-0.2, 0) is 6.54 Å². The van der Waals surface area contributed by atoms with Crippen molar-refractivity contribution in [2.45, 2.75) is 13.5 Å². The van der Waals surface area contributed by atoms with E-state index >= 15 is 0 Å². The number of benzene rings is 3. The molecule has 1 heterocycles. The lowest BCUT2D eigenvalue weighted by molar-refractivity contribution is 0.101. The van der Waals surface area contributed by atoms with Crippen LogP contribution in [0.3, 0.4) is 0 Å². The van der Waals surface area contributed by atoms with Gasteiger partial charge in [-0.15, -0.1) is 0 Å². The zero-order valence-corrected chi connectivity index (χ0v) is 14.1. The molecule has 3 aromatic carbocycles. The van der Waals surface area contributed by atoms with Gasteiger partial charge in [0.25, 0.3) is 0 Å². The van der Waals surface area contributed by atoms with Gasteiger partial charge in [-0.2, -0.15) is 0 Å². The smallest absolute Gasteiger partial charge is 0.162 e. The average molecular weight is 325 g/mol. The first-order valence-electron chi connectivity index (χ1n) is 8.47. The number of carbonyl (C=O) groups is 1. The molecule has 0 aliphatic rings. The van der Waals surface area contributed by atoms with Crippen LogP contribution in [0.5, 0.6) is 0 Å². The van der Waals surface area contributed by atoms with Gasteiger partial charge in [-0.25, -0.2) is 0 Å². The highest BCUT2D eigenvalue weighted by atomic mass is 16.1. The van der Waals surface area contributed by atoms with Gasteiger partial charge in [-0.3, -0.25) is 4.79 Å². The fourth-order valence-corrected chi connectivity index (χ4v) is 3.49. The minimum Gasteiger partial charge on any atom is -0.335 e. The lowest BCUT2D eigenvalue weighted by Crippen LogP contribution is -2.04. The van der Waals surface area contributed by atoms with E-state index in [0.717, 1.165) is 34.3 Å². The van der Waals surface area contributed by atoms with E-state index in [1.165, 1.54) is 5.56 Å². The Labute approximate surface area is 147 Å². The summed E-state index contributed by atoms with van der Waals surface area (Å²) in [5.41, 5.74) is 5.18. The summed E-state index contributed by atoms with van der Waals surface area (Å²) in [4.78, 5) is 12.5. The highest BCUT2D eigenvalue weighted by molar-refractivity contribution is 6.12. The molecular formula is C23H19NO. The molecule has 0 saturated carbocycles. The Balaban J connectivity index is 2.04. The van der Waals surface area contributed by atoms with E-state index in [1.54, 1.807) is 6.92 Å². The number of Topliss-reactive ketones (excluding diaryl/α,β-unsaturated/α-hetero) is 1. The quantitative estimate of drug-likeness (QED) is 0.450.